The van der Waals surface area contributed by atoms with E-state index in [1.54, 1.807) is 11.9 Å². The highest BCUT2D eigenvalue weighted by molar-refractivity contribution is 5.78. The van der Waals surface area contributed by atoms with Crippen molar-refractivity contribution < 1.29 is 24.2 Å². The Kier molecular flexibility index (Phi) is 6.78. The maximum atomic E-state index is 11.8. The number of ether oxygens (including phenoxy) is 1. The highest BCUT2D eigenvalue weighted by Crippen LogP contribution is 2.13. The lowest BCUT2D eigenvalue weighted by Gasteiger charge is -2.31. The second-order valence-corrected chi connectivity index (χ2v) is 4.55. The number of aliphatic carboxylic acids is 1. The summed E-state index contributed by atoms with van der Waals surface area (Å²) in [5.41, 5.74) is 0. The van der Waals surface area contributed by atoms with Crippen LogP contribution >= 0.6 is 0 Å². The van der Waals surface area contributed by atoms with Crippen molar-refractivity contribution in [2.24, 2.45) is 0 Å². The first-order chi connectivity index (χ1) is 9.52. The van der Waals surface area contributed by atoms with Crippen molar-refractivity contribution >= 4 is 17.9 Å². The first-order valence-electron chi connectivity index (χ1n) is 6.59. The maximum Gasteiger partial charge on any atom is 0.329 e. The van der Waals surface area contributed by atoms with Crippen LogP contribution in [0.1, 0.15) is 19.3 Å². The predicted molar refractivity (Wildman–Crippen MR) is 70.3 cm³/mol. The van der Waals surface area contributed by atoms with E-state index in [2.05, 4.69) is 10.6 Å². The molecule has 0 aliphatic carbocycles. The van der Waals surface area contributed by atoms with E-state index in [0.29, 0.717) is 32.5 Å². The molecule has 114 valence electrons. The molecule has 3 N–H and O–H groups in total. The van der Waals surface area contributed by atoms with Crippen LogP contribution in [0.4, 0.5) is 4.79 Å². The topological polar surface area (TPSA) is 108 Å². The SMILES string of the molecule is CNC(=O)CCNC(=O)N1CCC(OCC(=O)O)CC1. The Hall–Kier alpha value is -1.83. The molecule has 3 amide bonds. The monoisotopic (exact) mass is 287 g/mol. The van der Waals surface area contributed by atoms with E-state index >= 15 is 0 Å². The summed E-state index contributed by atoms with van der Waals surface area (Å²) in [4.78, 5) is 34.8. The Morgan fingerprint density at radius 3 is 2.50 bits per heavy atom. The Morgan fingerprint density at radius 1 is 1.30 bits per heavy atom. The number of carbonyl (C=O) groups excluding carboxylic acids is 2. The molecule has 0 aromatic carbocycles. The van der Waals surface area contributed by atoms with Gasteiger partial charge in [-0.2, -0.15) is 0 Å². The standard InChI is InChI=1S/C12H21N3O5/c1-13-10(16)2-5-14-12(19)15-6-3-9(4-7-15)20-8-11(17)18/h9H,2-8H2,1H3,(H,13,16)(H,14,19)(H,17,18). The van der Waals surface area contributed by atoms with E-state index in [-0.39, 0.29) is 31.1 Å². The van der Waals surface area contributed by atoms with Gasteiger partial charge in [0.1, 0.15) is 6.61 Å². The minimum absolute atomic E-state index is 0.110. The summed E-state index contributed by atoms with van der Waals surface area (Å²) in [6.07, 6.45) is 1.38. The van der Waals surface area contributed by atoms with Gasteiger partial charge in [0.15, 0.2) is 0 Å². The second kappa shape index (κ2) is 8.36. The number of rotatable bonds is 6. The van der Waals surface area contributed by atoms with Crippen LogP contribution in [-0.2, 0) is 14.3 Å². The van der Waals surface area contributed by atoms with Crippen LogP contribution < -0.4 is 10.6 Å². The predicted octanol–water partition coefficient (Wildman–Crippen LogP) is -0.602. The van der Waals surface area contributed by atoms with Crippen molar-refractivity contribution in [1.82, 2.24) is 15.5 Å². The number of likely N-dealkylation sites (tertiary alicyclic amines) is 1. The zero-order valence-corrected chi connectivity index (χ0v) is 11.6. The van der Waals surface area contributed by atoms with Crippen molar-refractivity contribution in [3.8, 4) is 0 Å². The lowest BCUT2D eigenvalue weighted by atomic mass is 10.1. The summed E-state index contributed by atoms with van der Waals surface area (Å²) >= 11 is 0. The molecule has 0 radical (unpaired) electrons. The number of nitrogens with one attached hydrogen (secondary N) is 2. The quantitative estimate of drug-likeness (QED) is 0.604. The van der Waals surface area contributed by atoms with Crippen molar-refractivity contribution in [2.45, 2.75) is 25.4 Å². The molecule has 1 fully saturated rings. The summed E-state index contributed by atoms with van der Waals surface area (Å²) < 4.78 is 5.19. The molecule has 1 saturated heterocycles. The molecule has 8 nitrogen and oxygen atoms in total. The number of nitrogens with zero attached hydrogens (tertiary/aromatic N) is 1. The van der Waals surface area contributed by atoms with Gasteiger partial charge in [-0.05, 0) is 12.8 Å². The van der Waals surface area contributed by atoms with E-state index in [4.69, 9.17) is 9.84 Å². The molecule has 0 aromatic heterocycles. The third-order valence-electron chi connectivity index (χ3n) is 3.08. The number of carboxylic acid groups (broad SMARTS) is 1. The van der Waals surface area contributed by atoms with Crippen LogP contribution in [0.15, 0.2) is 0 Å². The van der Waals surface area contributed by atoms with E-state index in [1.165, 1.54) is 0 Å². The molecule has 0 spiro atoms. The van der Waals surface area contributed by atoms with Gasteiger partial charge in [0.2, 0.25) is 5.91 Å². The molecule has 0 aromatic rings. The summed E-state index contributed by atoms with van der Waals surface area (Å²) in [6.45, 7) is 1.04. The van der Waals surface area contributed by atoms with Crippen molar-refractivity contribution in [2.75, 3.05) is 33.3 Å². The third kappa shape index (κ3) is 5.87. The van der Waals surface area contributed by atoms with Gasteiger partial charge < -0.3 is 25.4 Å². The van der Waals surface area contributed by atoms with Gasteiger partial charge in [-0.1, -0.05) is 0 Å². The Morgan fingerprint density at radius 2 is 1.95 bits per heavy atom. The van der Waals surface area contributed by atoms with Gasteiger partial charge in [0.25, 0.3) is 0 Å². The van der Waals surface area contributed by atoms with E-state index in [1.807, 2.05) is 0 Å². The number of amides is 3. The summed E-state index contributed by atoms with van der Waals surface area (Å²) in [5.74, 6) is -1.11. The number of hydrogen-bond donors (Lipinski definition) is 3. The van der Waals surface area contributed by atoms with Crippen LogP contribution in [0.3, 0.4) is 0 Å². The third-order valence-corrected chi connectivity index (χ3v) is 3.08. The van der Waals surface area contributed by atoms with Crippen molar-refractivity contribution in [3.63, 3.8) is 0 Å². The second-order valence-electron chi connectivity index (χ2n) is 4.55. The number of carbonyl (C=O) groups is 3. The molecule has 1 aliphatic heterocycles. The highest BCUT2D eigenvalue weighted by atomic mass is 16.5. The van der Waals surface area contributed by atoms with Gasteiger partial charge in [0.05, 0.1) is 6.10 Å². The van der Waals surface area contributed by atoms with Crippen LogP contribution in [0.5, 0.6) is 0 Å². The normalized spacial score (nSPS) is 15.8. The number of piperidine rings is 1. The summed E-state index contributed by atoms with van der Waals surface area (Å²) in [6, 6.07) is -0.203. The zero-order chi connectivity index (χ0) is 15.0. The fourth-order valence-corrected chi connectivity index (χ4v) is 1.93. The smallest absolute Gasteiger partial charge is 0.329 e. The van der Waals surface area contributed by atoms with Crippen LogP contribution in [0, 0.1) is 0 Å². The van der Waals surface area contributed by atoms with Crippen LogP contribution in [0.25, 0.3) is 0 Å². The average Bonchev–Trinajstić information content (AvgIpc) is 2.45. The lowest BCUT2D eigenvalue weighted by molar-refractivity contribution is -0.145. The van der Waals surface area contributed by atoms with Gasteiger partial charge in [-0.3, -0.25) is 4.79 Å². The van der Waals surface area contributed by atoms with Gasteiger partial charge in [0, 0.05) is 33.1 Å². The van der Waals surface area contributed by atoms with Gasteiger partial charge in [-0.15, -0.1) is 0 Å². The molecule has 1 heterocycles. The maximum absolute atomic E-state index is 11.8. The first kappa shape index (κ1) is 16.2. The molecule has 20 heavy (non-hydrogen) atoms. The van der Waals surface area contributed by atoms with E-state index in [9.17, 15) is 14.4 Å². The van der Waals surface area contributed by atoms with Crippen LogP contribution in [0.2, 0.25) is 0 Å². The lowest BCUT2D eigenvalue weighted by Crippen LogP contribution is -2.46. The highest BCUT2D eigenvalue weighted by Gasteiger charge is 2.23. The molecule has 1 aliphatic rings. The minimum atomic E-state index is -0.987. The van der Waals surface area contributed by atoms with Crippen LogP contribution in [-0.4, -0.2) is 67.3 Å². The fourth-order valence-electron chi connectivity index (χ4n) is 1.93. The van der Waals surface area contributed by atoms with Crippen molar-refractivity contribution in [1.29, 1.82) is 0 Å². The molecule has 8 heteroatoms. The molecule has 1 rings (SSSR count). The molecule has 0 bridgehead atoms. The Labute approximate surface area is 117 Å². The number of hydrogen-bond acceptors (Lipinski definition) is 4. The fraction of sp³-hybridized carbons (Fsp3) is 0.750. The minimum Gasteiger partial charge on any atom is -0.480 e. The Balaban J connectivity index is 2.18. The molecular formula is C12H21N3O5. The largest absolute Gasteiger partial charge is 0.480 e. The van der Waals surface area contributed by atoms with Crippen molar-refractivity contribution in [3.05, 3.63) is 0 Å². The number of carboxylic acids is 1. The van der Waals surface area contributed by atoms with Gasteiger partial charge >= 0.3 is 12.0 Å². The van der Waals surface area contributed by atoms with Gasteiger partial charge in [-0.25, -0.2) is 9.59 Å². The van der Waals surface area contributed by atoms with E-state index in [0.717, 1.165) is 0 Å². The first-order valence-corrected chi connectivity index (χ1v) is 6.59. The number of urea groups is 1. The summed E-state index contributed by atoms with van der Waals surface area (Å²) in [7, 11) is 1.55. The Bertz CT molecular complexity index is 353. The molecular weight excluding hydrogens is 266 g/mol. The summed E-state index contributed by atoms with van der Waals surface area (Å²) in [5, 5.41) is 13.7. The van der Waals surface area contributed by atoms with E-state index < -0.39 is 5.97 Å². The average molecular weight is 287 g/mol. The zero-order valence-electron chi connectivity index (χ0n) is 11.6. The molecule has 0 saturated carbocycles. The molecule has 0 unspecified atom stereocenters. The molecule has 0 atom stereocenters.